The first-order chi connectivity index (χ1) is 9.97. The number of benzene rings is 1. The van der Waals surface area contributed by atoms with Gasteiger partial charge in [-0.05, 0) is 31.2 Å². The monoisotopic (exact) mass is 379 g/mol. The lowest BCUT2D eigenvalue weighted by Crippen LogP contribution is -3.00. The predicted octanol–water partition coefficient (Wildman–Crippen LogP) is 0.783. The lowest BCUT2D eigenvalue weighted by molar-refractivity contribution is -0.892. The molecule has 0 saturated heterocycles. The zero-order chi connectivity index (χ0) is 15.0. The molecule has 0 radical (unpaired) electrons. The zero-order valence-corrected chi connectivity index (χ0v) is 15.9. The van der Waals surface area contributed by atoms with Gasteiger partial charge >= 0.3 is 0 Å². The van der Waals surface area contributed by atoms with Gasteiger partial charge in [0, 0.05) is 11.1 Å². The highest BCUT2D eigenvalue weighted by Crippen LogP contribution is 2.46. The molecule has 118 valence electrons. The summed E-state index contributed by atoms with van der Waals surface area (Å²) in [5, 5.41) is 0. The number of anilines is 2. The van der Waals surface area contributed by atoms with Crippen LogP contribution in [0.25, 0.3) is 0 Å². The summed E-state index contributed by atoms with van der Waals surface area (Å²) in [6, 6.07) is 13.3. The Morgan fingerprint density at radius 1 is 1.09 bits per heavy atom. The van der Waals surface area contributed by atoms with E-state index >= 15 is 0 Å². The van der Waals surface area contributed by atoms with Crippen LogP contribution in [0.1, 0.15) is 6.92 Å². The predicted molar refractivity (Wildman–Crippen MR) is 89.3 cm³/mol. The number of para-hydroxylation sites is 1. The number of hydrogen-bond donors (Lipinski definition) is 0. The van der Waals surface area contributed by atoms with Crippen molar-refractivity contribution >= 4 is 23.3 Å². The van der Waals surface area contributed by atoms with Crippen molar-refractivity contribution in [2.45, 2.75) is 22.8 Å². The van der Waals surface area contributed by atoms with Gasteiger partial charge in [-0.3, -0.25) is 0 Å². The van der Waals surface area contributed by atoms with Gasteiger partial charge in [0.25, 0.3) is 0 Å². The Morgan fingerprint density at radius 3 is 2.50 bits per heavy atom. The number of nitrogens with zero attached hydrogens (tertiary/aromatic N) is 3. The third kappa shape index (κ3) is 3.31. The molecule has 3 rings (SSSR count). The largest absolute Gasteiger partial charge is 1.00 e. The van der Waals surface area contributed by atoms with Crippen LogP contribution in [-0.2, 0) is 0 Å². The van der Waals surface area contributed by atoms with Gasteiger partial charge < -0.3 is 26.4 Å². The van der Waals surface area contributed by atoms with Crippen molar-refractivity contribution in [2.24, 2.45) is 0 Å². The molecular formula is C17H22BrN3S. The van der Waals surface area contributed by atoms with E-state index < -0.39 is 0 Å². The summed E-state index contributed by atoms with van der Waals surface area (Å²) < 4.78 is 0.938. The number of fused-ring (bicyclic) bond motifs is 2. The van der Waals surface area contributed by atoms with Gasteiger partial charge in [0.15, 0.2) is 0 Å². The molecule has 1 unspecified atom stereocenters. The average Bonchev–Trinajstić information content (AvgIpc) is 2.46. The molecule has 0 N–H and O–H groups in total. The van der Waals surface area contributed by atoms with Gasteiger partial charge in [-0.1, -0.05) is 23.9 Å². The first-order valence-electron chi connectivity index (χ1n) is 7.27. The van der Waals surface area contributed by atoms with Crippen LogP contribution in [0.15, 0.2) is 52.4 Å². The Morgan fingerprint density at radius 2 is 1.77 bits per heavy atom. The molecule has 1 atom stereocenters. The summed E-state index contributed by atoms with van der Waals surface area (Å²) in [6.07, 6.45) is 1.89. The Bertz CT molecular complexity index is 609. The molecular weight excluding hydrogens is 358 g/mol. The van der Waals surface area contributed by atoms with E-state index in [9.17, 15) is 0 Å². The topological polar surface area (TPSA) is 16.1 Å². The van der Waals surface area contributed by atoms with Gasteiger partial charge in [-0.25, -0.2) is 4.98 Å². The van der Waals surface area contributed by atoms with Gasteiger partial charge in [0.2, 0.25) is 0 Å². The minimum atomic E-state index is 0. The van der Waals surface area contributed by atoms with Gasteiger partial charge in [0.1, 0.15) is 11.9 Å². The Kier molecular flexibility index (Phi) is 5.20. The molecule has 0 bridgehead atoms. The van der Waals surface area contributed by atoms with Crippen molar-refractivity contribution in [1.29, 1.82) is 0 Å². The summed E-state index contributed by atoms with van der Waals surface area (Å²) in [4.78, 5) is 9.56. The number of pyridine rings is 1. The summed E-state index contributed by atoms with van der Waals surface area (Å²) in [6.45, 7) is 3.26. The van der Waals surface area contributed by atoms with Crippen molar-refractivity contribution < 1.29 is 21.5 Å². The number of quaternary nitrogens is 1. The molecule has 1 aliphatic rings. The fourth-order valence-electron chi connectivity index (χ4n) is 2.36. The molecule has 5 heteroatoms. The average molecular weight is 380 g/mol. The van der Waals surface area contributed by atoms with Crippen LogP contribution in [0.2, 0.25) is 0 Å². The first-order valence-corrected chi connectivity index (χ1v) is 8.09. The number of halogens is 1. The maximum Gasteiger partial charge on any atom is 0.147 e. The Hall–Kier alpha value is -1.04. The van der Waals surface area contributed by atoms with E-state index in [1.165, 1.54) is 15.5 Å². The standard InChI is InChI=1S/C17H22N3S.BrH/c1-13(20(2,3)4)12-19-14-8-5-6-9-15(14)21-16-10-7-11-18-17(16)19;/h5-11,13H,12H2,1-4H3;1H/q+1;/p-1. The van der Waals surface area contributed by atoms with E-state index in [0.717, 1.165) is 16.8 Å². The minimum absolute atomic E-state index is 0. The number of hydrogen-bond acceptors (Lipinski definition) is 3. The highest BCUT2D eigenvalue weighted by atomic mass is 79.9. The van der Waals surface area contributed by atoms with Gasteiger partial charge in [-0.15, -0.1) is 0 Å². The van der Waals surface area contributed by atoms with Crippen molar-refractivity contribution in [1.82, 2.24) is 4.98 Å². The maximum atomic E-state index is 4.63. The van der Waals surface area contributed by atoms with Crippen LogP contribution in [0.4, 0.5) is 11.5 Å². The third-order valence-electron chi connectivity index (χ3n) is 4.15. The quantitative estimate of drug-likeness (QED) is 0.733. The van der Waals surface area contributed by atoms with Crippen molar-refractivity contribution in [3.05, 3.63) is 42.6 Å². The Balaban J connectivity index is 0.00000176. The molecule has 0 saturated carbocycles. The Labute approximate surface area is 147 Å². The van der Waals surface area contributed by atoms with Crippen LogP contribution in [0, 0.1) is 0 Å². The van der Waals surface area contributed by atoms with E-state index in [4.69, 9.17) is 0 Å². The smallest absolute Gasteiger partial charge is 0.147 e. The van der Waals surface area contributed by atoms with Crippen LogP contribution >= 0.6 is 11.8 Å². The fourth-order valence-corrected chi connectivity index (χ4v) is 3.42. The molecule has 0 spiro atoms. The molecule has 3 nitrogen and oxygen atoms in total. The molecule has 0 aliphatic carbocycles. The molecule has 1 aromatic carbocycles. The summed E-state index contributed by atoms with van der Waals surface area (Å²) in [5.74, 6) is 1.08. The fraction of sp³-hybridized carbons (Fsp3) is 0.353. The molecule has 2 heterocycles. The second-order valence-electron chi connectivity index (χ2n) is 6.47. The number of aromatic nitrogens is 1. The molecule has 1 aromatic heterocycles. The zero-order valence-electron chi connectivity index (χ0n) is 13.5. The summed E-state index contributed by atoms with van der Waals surface area (Å²) in [5.41, 5.74) is 1.27. The van der Waals surface area contributed by atoms with E-state index in [-0.39, 0.29) is 17.0 Å². The van der Waals surface area contributed by atoms with E-state index in [1.54, 1.807) is 0 Å². The first kappa shape index (κ1) is 17.3. The summed E-state index contributed by atoms with van der Waals surface area (Å²) >= 11 is 1.81. The highest BCUT2D eigenvalue weighted by molar-refractivity contribution is 7.99. The van der Waals surface area contributed by atoms with Gasteiger partial charge in [-0.2, -0.15) is 0 Å². The summed E-state index contributed by atoms with van der Waals surface area (Å²) in [7, 11) is 6.73. The third-order valence-corrected chi connectivity index (χ3v) is 5.26. The van der Waals surface area contributed by atoms with E-state index in [2.05, 4.69) is 68.3 Å². The lowest BCUT2D eigenvalue weighted by Gasteiger charge is -2.38. The molecule has 0 fully saturated rings. The van der Waals surface area contributed by atoms with Crippen LogP contribution in [0.3, 0.4) is 0 Å². The normalized spacial score (nSPS) is 14.6. The highest BCUT2D eigenvalue weighted by Gasteiger charge is 2.29. The van der Waals surface area contributed by atoms with E-state index in [1.807, 2.05) is 24.0 Å². The molecule has 2 aromatic rings. The van der Waals surface area contributed by atoms with E-state index in [0.29, 0.717) is 6.04 Å². The van der Waals surface area contributed by atoms with Crippen molar-refractivity contribution in [2.75, 3.05) is 32.6 Å². The molecule has 22 heavy (non-hydrogen) atoms. The SMILES string of the molecule is CC(CN1c2ccccc2Sc2cccnc21)[N+](C)(C)C.[Br-]. The van der Waals surface area contributed by atoms with Crippen LogP contribution in [-0.4, -0.2) is 43.2 Å². The van der Waals surface area contributed by atoms with Crippen molar-refractivity contribution in [3.63, 3.8) is 0 Å². The second-order valence-corrected chi connectivity index (χ2v) is 7.55. The van der Waals surface area contributed by atoms with Crippen LogP contribution < -0.4 is 21.9 Å². The van der Waals surface area contributed by atoms with Crippen LogP contribution in [0.5, 0.6) is 0 Å². The number of likely N-dealkylation sites (N-methyl/N-ethyl adjacent to an activating group) is 1. The molecule has 0 amide bonds. The lowest BCUT2D eigenvalue weighted by atomic mass is 10.2. The van der Waals surface area contributed by atoms with Gasteiger partial charge in [0.05, 0.1) is 38.3 Å². The minimum Gasteiger partial charge on any atom is -1.00 e. The van der Waals surface area contributed by atoms with Crippen molar-refractivity contribution in [3.8, 4) is 0 Å². The maximum absolute atomic E-state index is 4.63. The number of rotatable bonds is 3. The molecule has 1 aliphatic heterocycles. The second kappa shape index (κ2) is 6.60.